The summed E-state index contributed by atoms with van der Waals surface area (Å²) in [5.74, 6) is -2.77. The predicted octanol–water partition coefficient (Wildman–Crippen LogP) is 3.12. The molecular weight excluding hydrogens is 549 g/mol. The lowest BCUT2D eigenvalue weighted by molar-refractivity contribution is -0.246. The zero-order valence-electron chi connectivity index (χ0n) is 23.7. The van der Waals surface area contributed by atoms with Crippen molar-refractivity contribution in [2.45, 2.75) is 84.9 Å². The molecule has 0 aliphatic carbocycles. The molecule has 226 valence electrons. The molecule has 1 heterocycles. The minimum absolute atomic E-state index is 0.0310. The van der Waals surface area contributed by atoms with Crippen molar-refractivity contribution in [1.82, 2.24) is 0 Å². The van der Waals surface area contributed by atoms with E-state index in [0.29, 0.717) is 5.69 Å². The van der Waals surface area contributed by atoms with Crippen LogP contribution in [-0.4, -0.2) is 78.9 Å². The second-order valence-electron chi connectivity index (χ2n) is 8.86. The van der Waals surface area contributed by atoms with Gasteiger partial charge in [-0.15, -0.1) is 0 Å². The third-order valence-corrected chi connectivity index (χ3v) is 7.50. The van der Waals surface area contributed by atoms with Crippen LogP contribution in [0.25, 0.3) is 0 Å². The largest absolute Gasteiger partial charge is 0.481 e. The number of ether oxygens (including phenoxy) is 4. The van der Waals surface area contributed by atoms with Crippen LogP contribution in [0.3, 0.4) is 0 Å². The van der Waals surface area contributed by atoms with Crippen LogP contribution in [0.4, 0.5) is 5.69 Å². The van der Waals surface area contributed by atoms with Gasteiger partial charge < -0.3 is 38.8 Å². The molecule has 0 radical (unpaired) electrons. The number of hydrogen-bond acceptors (Lipinski definition) is 12. The smallest absolute Gasteiger partial charge is 0.330 e. The molecule has 1 aliphatic rings. The summed E-state index contributed by atoms with van der Waals surface area (Å²) in [5.41, 5.74) is 7.19. The normalized spacial score (nSPS) is 22.3. The van der Waals surface area contributed by atoms with E-state index in [9.17, 15) is 18.9 Å². The van der Waals surface area contributed by atoms with E-state index >= 15 is 0 Å². The Kier molecular flexibility index (Phi) is 14.9. The standard InChI is InChI=1S/C24H36NO10P.C2H4O2/c1-6-30-36(29,31-7-2)13-12-20-22(32-15(3)26)24(34-17(5)28)23(33-16(4)27)21(35-20)14-18-8-10-19(25)11-9-18;1-2(3)4/h8-11,20-24H,6-7,12-14,25H2,1-5H3;1H3,(H,3,4)/t20-,21-,22-,23-,24+;/m1./s1. The number of aliphatic carboxylic acids is 1. The van der Waals surface area contributed by atoms with Crippen LogP contribution in [0.5, 0.6) is 0 Å². The van der Waals surface area contributed by atoms with E-state index in [1.807, 2.05) is 0 Å². The summed E-state index contributed by atoms with van der Waals surface area (Å²) in [7, 11) is -3.45. The van der Waals surface area contributed by atoms with Gasteiger partial charge in [0.25, 0.3) is 5.97 Å². The molecule has 0 saturated carbocycles. The highest BCUT2D eigenvalue weighted by Crippen LogP contribution is 2.49. The molecule has 13 nitrogen and oxygen atoms in total. The molecular formula is C26H40NO12P. The monoisotopic (exact) mass is 589 g/mol. The van der Waals surface area contributed by atoms with Crippen LogP contribution < -0.4 is 5.73 Å². The molecule has 0 unspecified atom stereocenters. The molecule has 1 saturated heterocycles. The third kappa shape index (κ3) is 12.5. The van der Waals surface area contributed by atoms with Crippen molar-refractivity contribution in [2.24, 2.45) is 0 Å². The fraction of sp³-hybridized carbons (Fsp3) is 0.615. The lowest BCUT2D eigenvalue weighted by atomic mass is 9.89. The Morgan fingerprint density at radius 3 is 1.68 bits per heavy atom. The lowest BCUT2D eigenvalue weighted by Gasteiger charge is -2.45. The van der Waals surface area contributed by atoms with Crippen LogP contribution in [0.15, 0.2) is 24.3 Å². The van der Waals surface area contributed by atoms with Gasteiger partial charge in [0, 0.05) is 39.8 Å². The molecule has 14 heteroatoms. The molecule has 1 aromatic carbocycles. The van der Waals surface area contributed by atoms with E-state index in [2.05, 4.69) is 0 Å². The van der Waals surface area contributed by atoms with Crippen molar-refractivity contribution in [2.75, 3.05) is 25.1 Å². The van der Waals surface area contributed by atoms with E-state index in [1.165, 1.54) is 20.8 Å². The first-order valence-electron chi connectivity index (χ1n) is 12.8. The van der Waals surface area contributed by atoms with E-state index in [0.717, 1.165) is 12.5 Å². The first-order valence-corrected chi connectivity index (χ1v) is 14.5. The van der Waals surface area contributed by atoms with Gasteiger partial charge in [-0.1, -0.05) is 12.1 Å². The summed E-state index contributed by atoms with van der Waals surface area (Å²) in [4.78, 5) is 45.0. The third-order valence-electron chi connectivity index (χ3n) is 5.39. The number of hydrogen-bond donors (Lipinski definition) is 2. The Hall–Kier alpha value is -2.99. The number of rotatable bonds is 12. The number of benzene rings is 1. The van der Waals surface area contributed by atoms with Crippen LogP contribution in [0.1, 0.15) is 53.5 Å². The molecule has 0 spiro atoms. The van der Waals surface area contributed by atoms with Crippen LogP contribution in [-0.2, 0) is 58.2 Å². The highest BCUT2D eigenvalue weighted by atomic mass is 31.2. The number of nitrogens with two attached hydrogens (primary N) is 1. The van der Waals surface area contributed by atoms with Crippen molar-refractivity contribution in [3.05, 3.63) is 29.8 Å². The minimum atomic E-state index is -3.45. The second kappa shape index (κ2) is 17.0. The molecule has 3 N–H and O–H groups in total. The average Bonchev–Trinajstić information content (AvgIpc) is 2.82. The van der Waals surface area contributed by atoms with Crippen molar-refractivity contribution < 1.29 is 56.8 Å². The molecule has 1 aromatic rings. The van der Waals surface area contributed by atoms with Gasteiger partial charge in [-0.2, -0.15) is 0 Å². The van der Waals surface area contributed by atoms with E-state index in [4.69, 9.17) is 43.6 Å². The fourth-order valence-corrected chi connectivity index (χ4v) is 5.80. The van der Waals surface area contributed by atoms with Gasteiger partial charge in [-0.25, -0.2) is 0 Å². The molecule has 5 atom stereocenters. The summed E-state index contributed by atoms with van der Waals surface area (Å²) >= 11 is 0. The predicted molar refractivity (Wildman–Crippen MR) is 144 cm³/mol. The zero-order chi connectivity index (χ0) is 30.5. The Labute approximate surface area is 234 Å². The van der Waals surface area contributed by atoms with Gasteiger partial charge in [-0.3, -0.25) is 23.7 Å². The van der Waals surface area contributed by atoms with Crippen LogP contribution in [0, 0.1) is 0 Å². The SMILES string of the molecule is CC(=O)O.CCOP(=O)(CC[C@H]1O[C@H](Cc2ccc(N)cc2)[C@@H](OC(C)=O)[C@@H](OC(C)=O)[C@@H]1OC(C)=O)OCC. The van der Waals surface area contributed by atoms with Crippen molar-refractivity contribution in [3.8, 4) is 0 Å². The summed E-state index contributed by atoms with van der Waals surface area (Å²) in [6.45, 7) is 8.47. The highest BCUT2D eigenvalue weighted by molar-refractivity contribution is 7.53. The summed E-state index contributed by atoms with van der Waals surface area (Å²) in [5, 5.41) is 7.42. The zero-order valence-corrected chi connectivity index (χ0v) is 24.6. The molecule has 40 heavy (non-hydrogen) atoms. The number of carbonyl (C=O) groups is 4. The van der Waals surface area contributed by atoms with E-state index < -0.39 is 62.0 Å². The number of nitrogen functional groups attached to an aromatic ring is 1. The number of carboxylic acids is 1. The van der Waals surface area contributed by atoms with E-state index in [-0.39, 0.29) is 32.2 Å². The summed E-state index contributed by atoms with van der Waals surface area (Å²) in [6, 6.07) is 7.05. The average molecular weight is 590 g/mol. The fourth-order valence-electron chi connectivity index (χ4n) is 4.11. The summed E-state index contributed by atoms with van der Waals surface area (Å²) in [6.07, 6.45) is -4.67. The molecule has 2 rings (SSSR count). The first-order chi connectivity index (χ1) is 18.7. The number of carbonyl (C=O) groups excluding carboxylic acids is 3. The minimum Gasteiger partial charge on any atom is -0.481 e. The number of esters is 3. The first kappa shape index (κ1) is 35.0. The van der Waals surface area contributed by atoms with Crippen LogP contribution >= 0.6 is 7.60 Å². The quantitative estimate of drug-likeness (QED) is 0.157. The van der Waals surface area contributed by atoms with Gasteiger partial charge in [0.05, 0.1) is 25.5 Å². The van der Waals surface area contributed by atoms with Gasteiger partial charge >= 0.3 is 25.5 Å². The number of anilines is 1. The maximum Gasteiger partial charge on any atom is 0.330 e. The second-order valence-corrected chi connectivity index (χ2v) is 11.0. The van der Waals surface area contributed by atoms with Crippen molar-refractivity contribution in [3.63, 3.8) is 0 Å². The van der Waals surface area contributed by atoms with Crippen molar-refractivity contribution >= 4 is 37.2 Å². The topological polar surface area (TPSA) is 187 Å². The van der Waals surface area contributed by atoms with Gasteiger partial charge in [0.2, 0.25) is 0 Å². The Morgan fingerprint density at radius 2 is 1.25 bits per heavy atom. The maximum absolute atomic E-state index is 13.1. The van der Waals surface area contributed by atoms with Gasteiger partial charge in [-0.05, 0) is 38.0 Å². The van der Waals surface area contributed by atoms with Gasteiger partial charge in [0.1, 0.15) is 6.10 Å². The molecule has 0 aromatic heterocycles. The number of carboxylic acid groups (broad SMARTS) is 1. The molecule has 0 bridgehead atoms. The van der Waals surface area contributed by atoms with E-state index in [1.54, 1.807) is 38.1 Å². The Bertz CT molecular complexity index is 1020. The van der Waals surface area contributed by atoms with Crippen LogP contribution in [0.2, 0.25) is 0 Å². The Balaban J connectivity index is 0.00000187. The van der Waals surface area contributed by atoms with Crippen molar-refractivity contribution in [1.29, 1.82) is 0 Å². The molecule has 1 aliphatic heterocycles. The highest BCUT2D eigenvalue weighted by Gasteiger charge is 2.51. The summed E-state index contributed by atoms with van der Waals surface area (Å²) < 4.78 is 46.7. The molecule has 1 fully saturated rings. The maximum atomic E-state index is 13.1. The molecule has 0 amide bonds. The lowest BCUT2D eigenvalue weighted by Crippen LogP contribution is -2.61. The van der Waals surface area contributed by atoms with Gasteiger partial charge in [0.15, 0.2) is 18.3 Å². The Morgan fingerprint density at radius 1 is 0.825 bits per heavy atom.